The lowest BCUT2D eigenvalue weighted by molar-refractivity contribution is 0.651. The van der Waals surface area contributed by atoms with Gasteiger partial charge in [-0.15, -0.1) is 5.10 Å². The van der Waals surface area contributed by atoms with Gasteiger partial charge in [0.1, 0.15) is 0 Å². The molecule has 7 nitrogen and oxygen atoms in total. The minimum Gasteiger partial charge on any atom is -0.316 e. The Morgan fingerprint density at radius 2 is 1.95 bits per heavy atom. The lowest BCUT2D eigenvalue weighted by Crippen LogP contribution is -2.29. The number of hydrogen-bond acceptors (Lipinski definition) is 4. The van der Waals surface area contributed by atoms with Crippen LogP contribution in [0.4, 0.5) is 0 Å². The van der Waals surface area contributed by atoms with Gasteiger partial charge >= 0.3 is 11.1 Å². The highest BCUT2D eigenvalue weighted by Crippen LogP contribution is 2.31. The van der Waals surface area contributed by atoms with Crippen molar-refractivity contribution in [2.24, 2.45) is 0 Å². The van der Waals surface area contributed by atoms with Crippen LogP contribution in [0.15, 0.2) is 28.0 Å². The van der Waals surface area contributed by atoms with Crippen LogP contribution in [-0.4, -0.2) is 25.0 Å². The Morgan fingerprint density at radius 3 is 2.65 bits per heavy atom. The van der Waals surface area contributed by atoms with E-state index in [2.05, 4.69) is 20.3 Å². The van der Waals surface area contributed by atoms with Crippen molar-refractivity contribution in [3.8, 4) is 0 Å². The van der Waals surface area contributed by atoms with Crippen molar-refractivity contribution in [1.82, 2.24) is 25.0 Å². The van der Waals surface area contributed by atoms with E-state index in [-0.39, 0.29) is 16.6 Å². The molecule has 0 amide bonds. The molecule has 0 unspecified atom stereocenters. The fourth-order valence-corrected chi connectivity index (χ4v) is 2.33. The van der Waals surface area contributed by atoms with Gasteiger partial charge in [0.2, 0.25) is 0 Å². The highest BCUT2D eigenvalue weighted by molar-refractivity contribution is 6.43. The van der Waals surface area contributed by atoms with E-state index < -0.39 is 11.1 Å². The number of H-pyrrole nitrogens is 2. The first kappa shape index (κ1) is 12.9. The van der Waals surface area contributed by atoms with Crippen LogP contribution in [0.1, 0.15) is 5.56 Å². The van der Waals surface area contributed by atoms with Gasteiger partial charge in [0, 0.05) is 11.8 Å². The molecule has 0 fully saturated rings. The molecule has 0 spiro atoms. The summed E-state index contributed by atoms with van der Waals surface area (Å²) in [5.41, 5.74) is -0.134. The van der Waals surface area contributed by atoms with Crippen LogP contribution in [0.25, 0.3) is 11.0 Å². The Kier molecular flexibility index (Phi) is 3.07. The number of hydrogen-bond donors (Lipinski definition) is 2. The van der Waals surface area contributed by atoms with Crippen molar-refractivity contribution in [3.05, 3.63) is 54.8 Å². The molecule has 20 heavy (non-hydrogen) atoms. The fourth-order valence-electron chi connectivity index (χ4n) is 1.90. The number of rotatable bonds is 2. The number of aromatic nitrogens is 5. The third kappa shape index (κ3) is 2.10. The second-order valence-electron chi connectivity index (χ2n) is 4.08. The lowest BCUT2D eigenvalue weighted by atomic mass is 10.1. The van der Waals surface area contributed by atoms with E-state index in [9.17, 15) is 9.59 Å². The lowest BCUT2D eigenvalue weighted by Gasteiger charge is -2.10. The molecular weight excluding hydrogens is 305 g/mol. The van der Waals surface area contributed by atoms with E-state index in [0.717, 1.165) is 0 Å². The van der Waals surface area contributed by atoms with Gasteiger partial charge in [-0.2, -0.15) is 0 Å². The summed E-state index contributed by atoms with van der Waals surface area (Å²) < 4.78 is 1.53. The first-order chi connectivity index (χ1) is 9.56. The highest BCUT2D eigenvalue weighted by atomic mass is 35.5. The molecule has 0 radical (unpaired) electrons. The van der Waals surface area contributed by atoms with E-state index >= 15 is 0 Å². The maximum atomic E-state index is 11.5. The Bertz CT molecular complexity index is 898. The minimum atomic E-state index is -0.754. The summed E-state index contributed by atoms with van der Waals surface area (Å²) in [6, 6.07) is 1.49. The van der Waals surface area contributed by atoms with Crippen LogP contribution in [-0.2, 0) is 6.54 Å². The van der Waals surface area contributed by atoms with Crippen LogP contribution >= 0.6 is 23.2 Å². The molecule has 1 aromatic carbocycles. The molecule has 0 saturated carbocycles. The van der Waals surface area contributed by atoms with Crippen molar-refractivity contribution in [2.75, 3.05) is 0 Å². The Labute approximate surface area is 121 Å². The van der Waals surface area contributed by atoms with E-state index in [1.807, 2.05) is 0 Å². The largest absolute Gasteiger partial charge is 0.316 e. The monoisotopic (exact) mass is 311 g/mol. The molecule has 3 rings (SSSR count). The second-order valence-corrected chi connectivity index (χ2v) is 4.87. The molecule has 0 aliphatic rings. The topological polar surface area (TPSA) is 96.4 Å². The van der Waals surface area contributed by atoms with Crippen LogP contribution in [0.3, 0.4) is 0 Å². The van der Waals surface area contributed by atoms with Gasteiger partial charge < -0.3 is 9.97 Å². The third-order valence-electron chi connectivity index (χ3n) is 2.80. The zero-order valence-corrected chi connectivity index (χ0v) is 11.4. The Balaban J connectivity index is 2.32. The molecule has 2 heterocycles. The molecule has 0 bridgehead atoms. The Hall–Kier alpha value is -2.12. The molecule has 3 aromatic rings. The molecular formula is C11H7Cl2N5O2. The summed E-state index contributed by atoms with van der Waals surface area (Å²) in [7, 11) is 0. The van der Waals surface area contributed by atoms with Crippen molar-refractivity contribution in [3.63, 3.8) is 0 Å². The van der Waals surface area contributed by atoms with Crippen LogP contribution < -0.4 is 11.1 Å². The van der Waals surface area contributed by atoms with Crippen molar-refractivity contribution >= 4 is 34.2 Å². The average Bonchev–Trinajstić information content (AvgIpc) is 2.91. The molecule has 102 valence electrons. The van der Waals surface area contributed by atoms with E-state index in [4.69, 9.17) is 23.2 Å². The fraction of sp³-hybridized carbons (Fsp3) is 0.0909. The molecule has 0 aliphatic heterocycles. The van der Waals surface area contributed by atoms with Crippen LogP contribution in [0.2, 0.25) is 10.0 Å². The predicted octanol–water partition coefficient (Wildman–Crippen LogP) is 1.16. The normalized spacial score (nSPS) is 11.1. The van der Waals surface area contributed by atoms with Gasteiger partial charge in [-0.3, -0.25) is 9.59 Å². The van der Waals surface area contributed by atoms with Gasteiger partial charge in [0.25, 0.3) is 0 Å². The second kappa shape index (κ2) is 4.77. The standard InChI is InChI=1S/C11H7Cl2N5O2/c12-6-3-7-9(16-11(20)10(19)15-7)5(8(6)13)4-18-2-1-14-17-18/h1-3H,4H2,(H,15,19)(H,16,20). The molecule has 0 saturated heterocycles. The third-order valence-corrected chi connectivity index (χ3v) is 3.63. The quantitative estimate of drug-likeness (QED) is 0.694. The molecule has 2 N–H and O–H groups in total. The maximum Gasteiger partial charge on any atom is 0.314 e. The SMILES string of the molecule is O=c1[nH]c2cc(Cl)c(Cl)c(Cn3ccnn3)c2[nH]c1=O. The van der Waals surface area contributed by atoms with Crippen molar-refractivity contribution in [2.45, 2.75) is 6.54 Å². The number of benzene rings is 1. The van der Waals surface area contributed by atoms with Gasteiger partial charge in [0.05, 0.1) is 33.8 Å². The summed E-state index contributed by atoms with van der Waals surface area (Å²) in [4.78, 5) is 27.8. The van der Waals surface area contributed by atoms with Crippen LogP contribution in [0.5, 0.6) is 0 Å². The number of aromatic amines is 2. The average molecular weight is 312 g/mol. The van der Waals surface area contributed by atoms with Gasteiger partial charge in [-0.25, -0.2) is 4.68 Å². The smallest absolute Gasteiger partial charge is 0.314 e. The zero-order valence-electron chi connectivity index (χ0n) is 9.85. The van der Waals surface area contributed by atoms with E-state index in [1.54, 1.807) is 6.20 Å². The molecule has 0 atom stereocenters. The Morgan fingerprint density at radius 1 is 1.20 bits per heavy atom. The summed E-state index contributed by atoms with van der Waals surface area (Å²) in [5.74, 6) is 0. The molecule has 0 aliphatic carbocycles. The zero-order chi connectivity index (χ0) is 14.3. The van der Waals surface area contributed by atoms with E-state index in [0.29, 0.717) is 16.6 Å². The number of halogens is 2. The van der Waals surface area contributed by atoms with Crippen molar-refractivity contribution in [1.29, 1.82) is 0 Å². The summed E-state index contributed by atoms with van der Waals surface area (Å²) in [5, 5.41) is 8.08. The molecule has 9 heteroatoms. The minimum absolute atomic E-state index is 0.262. The highest BCUT2D eigenvalue weighted by Gasteiger charge is 2.14. The number of nitrogens with zero attached hydrogens (tertiary/aromatic N) is 3. The van der Waals surface area contributed by atoms with E-state index in [1.165, 1.54) is 16.9 Å². The summed E-state index contributed by atoms with van der Waals surface area (Å²) in [6.45, 7) is 0.262. The summed E-state index contributed by atoms with van der Waals surface area (Å²) in [6.07, 6.45) is 3.16. The first-order valence-corrected chi connectivity index (χ1v) is 6.29. The maximum absolute atomic E-state index is 11.5. The van der Waals surface area contributed by atoms with Crippen molar-refractivity contribution < 1.29 is 0 Å². The predicted molar refractivity (Wildman–Crippen MR) is 74.3 cm³/mol. The molecule has 2 aromatic heterocycles. The number of nitrogens with one attached hydrogen (secondary N) is 2. The first-order valence-electron chi connectivity index (χ1n) is 5.53. The summed E-state index contributed by atoms with van der Waals surface area (Å²) >= 11 is 12.2. The van der Waals surface area contributed by atoms with Gasteiger partial charge in [-0.05, 0) is 6.07 Å². The number of fused-ring (bicyclic) bond motifs is 1. The van der Waals surface area contributed by atoms with Crippen LogP contribution in [0, 0.1) is 0 Å². The van der Waals surface area contributed by atoms with Gasteiger partial charge in [-0.1, -0.05) is 28.4 Å². The van der Waals surface area contributed by atoms with Gasteiger partial charge in [0.15, 0.2) is 0 Å².